The average Bonchev–Trinajstić information content (AvgIpc) is 2.34. The highest BCUT2D eigenvalue weighted by Gasteiger charge is 1.99. The lowest BCUT2D eigenvalue weighted by Gasteiger charge is -2.07. The molecular formula is C16H28. The van der Waals surface area contributed by atoms with Gasteiger partial charge in [-0.25, -0.2) is 0 Å². The molecule has 0 heterocycles. The van der Waals surface area contributed by atoms with E-state index in [0.29, 0.717) is 0 Å². The highest BCUT2D eigenvalue weighted by atomic mass is 14.0. The van der Waals surface area contributed by atoms with Gasteiger partial charge in [0, 0.05) is 0 Å². The van der Waals surface area contributed by atoms with Crippen molar-refractivity contribution in [2.45, 2.75) is 53.9 Å². The van der Waals surface area contributed by atoms with E-state index in [9.17, 15) is 0 Å². The molecule has 0 nitrogen and oxygen atoms in total. The zero-order valence-corrected chi connectivity index (χ0v) is 11.7. The summed E-state index contributed by atoms with van der Waals surface area (Å²) in [5, 5.41) is 0. The van der Waals surface area contributed by atoms with Crippen LogP contribution in [0.1, 0.15) is 53.9 Å². The van der Waals surface area contributed by atoms with Crippen LogP contribution in [-0.2, 0) is 0 Å². The van der Waals surface area contributed by atoms with Crippen LogP contribution in [0.4, 0.5) is 0 Å². The minimum absolute atomic E-state index is 1.17. The Bertz CT molecular complexity index is 239. The Labute approximate surface area is 102 Å². The quantitative estimate of drug-likeness (QED) is 0.513. The van der Waals surface area contributed by atoms with Crippen molar-refractivity contribution in [3.8, 4) is 0 Å². The molecule has 0 saturated carbocycles. The molecule has 0 amide bonds. The topological polar surface area (TPSA) is 0 Å². The summed E-state index contributed by atoms with van der Waals surface area (Å²) in [6, 6.07) is 0. The molecule has 0 N–H and O–H groups in total. The molecule has 1 aliphatic rings. The zero-order chi connectivity index (χ0) is 12.8. The van der Waals surface area contributed by atoms with Gasteiger partial charge < -0.3 is 0 Å². The summed E-state index contributed by atoms with van der Waals surface area (Å²) in [4.78, 5) is 0. The van der Waals surface area contributed by atoms with E-state index in [0.717, 1.165) is 0 Å². The third-order valence-corrected chi connectivity index (χ3v) is 1.89. The van der Waals surface area contributed by atoms with Gasteiger partial charge in [0.2, 0.25) is 0 Å². The van der Waals surface area contributed by atoms with Crippen LogP contribution in [0, 0.1) is 0 Å². The largest absolute Gasteiger partial charge is 0.0991 e. The van der Waals surface area contributed by atoms with Crippen molar-refractivity contribution >= 4 is 0 Å². The van der Waals surface area contributed by atoms with Gasteiger partial charge in [-0.3, -0.25) is 0 Å². The minimum Gasteiger partial charge on any atom is -0.0991 e. The Balaban J connectivity index is 0. The van der Waals surface area contributed by atoms with Crippen molar-refractivity contribution in [2.75, 3.05) is 0 Å². The van der Waals surface area contributed by atoms with Crippen molar-refractivity contribution in [3.63, 3.8) is 0 Å². The molecule has 0 bridgehead atoms. The van der Waals surface area contributed by atoms with E-state index in [1.807, 2.05) is 19.9 Å². The summed E-state index contributed by atoms with van der Waals surface area (Å²) < 4.78 is 0. The van der Waals surface area contributed by atoms with Crippen molar-refractivity contribution in [1.82, 2.24) is 0 Å². The molecule has 1 aliphatic carbocycles. The van der Waals surface area contributed by atoms with Gasteiger partial charge in [0.05, 0.1) is 0 Å². The van der Waals surface area contributed by atoms with Gasteiger partial charge in [-0.2, -0.15) is 0 Å². The lowest BCUT2D eigenvalue weighted by Crippen LogP contribution is -1.88. The van der Waals surface area contributed by atoms with Crippen LogP contribution < -0.4 is 0 Å². The van der Waals surface area contributed by atoms with Crippen molar-refractivity contribution in [1.29, 1.82) is 0 Å². The summed E-state index contributed by atoms with van der Waals surface area (Å²) in [5.74, 6) is 0. The van der Waals surface area contributed by atoms with Gasteiger partial charge in [-0.1, -0.05) is 71.1 Å². The zero-order valence-electron chi connectivity index (χ0n) is 11.7. The first-order valence-electron chi connectivity index (χ1n) is 6.41. The van der Waals surface area contributed by atoms with E-state index in [4.69, 9.17) is 0 Å². The Kier molecular flexibility index (Phi) is 15.1. The third-order valence-electron chi connectivity index (χ3n) is 1.89. The van der Waals surface area contributed by atoms with Gasteiger partial charge in [0.1, 0.15) is 0 Å². The molecule has 16 heavy (non-hydrogen) atoms. The standard InChI is InChI=1S/C11H14.C3H8.C2H6/c1-3-7-10(2)11-8-5-4-6-9-11;1-3-2;1-2/h3-5,7-8H,1,6,9H2,2H3;3H2,1-2H3;1-2H3/b10-7+;;. The maximum Gasteiger partial charge on any atom is -0.0241 e. The molecule has 0 spiro atoms. The summed E-state index contributed by atoms with van der Waals surface area (Å²) in [6.45, 7) is 14.1. The van der Waals surface area contributed by atoms with E-state index >= 15 is 0 Å². The maximum absolute atomic E-state index is 3.67. The van der Waals surface area contributed by atoms with Gasteiger partial charge in [-0.05, 0) is 30.9 Å². The van der Waals surface area contributed by atoms with E-state index in [1.165, 1.54) is 30.4 Å². The number of hydrogen-bond donors (Lipinski definition) is 0. The number of allylic oxidation sites excluding steroid dienone is 7. The molecule has 0 aromatic heterocycles. The van der Waals surface area contributed by atoms with E-state index in [-0.39, 0.29) is 0 Å². The fourth-order valence-corrected chi connectivity index (χ4v) is 1.22. The van der Waals surface area contributed by atoms with Gasteiger partial charge in [0.25, 0.3) is 0 Å². The molecule has 0 unspecified atom stereocenters. The molecule has 92 valence electrons. The smallest absolute Gasteiger partial charge is 0.0241 e. The maximum atomic E-state index is 3.67. The monoisotopic (exact) mass is 220 g/mol. The molecule has 0 radical (unpaired) electrons. The van der Waals surface area contributed by atoms with E-state index in [2.05, 4.69) is 51.7 Å². The first kappa shape index (κ1) is 17.4. The Morgan fingerprint density at radius 2 is 1.94 bits per heavy atom. The van der Waals surface area contributed by atoms with Crippen LogP contribution in [0.25, 0.3) is 0 Å². The Hall–Kier alpha value is -1.04. The Morgan fingerprint density at radius 1 is 1.38 bits per heavy atom. The van der Waals surface area contributed by atoms with E-state index in [1.54, 1.807) is 0 Å². The fourth-order valence-electron chi connectivity index (χ4n) is 1.22. The van der Waals surface area contributed by atoms with Crippen molar-refractivity contribution in [3.05, 3.63) is 48.1 Å². The normalized spacial score (nSPS) is 13.8. The van der Waals surface area contributed by atoms with Crippen molar-refractivity contribution < 1.29 is 0 Å². The molecule has 0 aromatic rings. The van der Waals surface area contributed by atoms with Crippen LogP contribution >= 0.6 is 0 Å². The predicted octanol–water partition coefficient (Wildman–Crippen LogP) is 5.84. The molecule has 1 rings (SSSR count). The third kappa shape index (κ3) is 9.51. The second-order valence-corrected chi connectivity index (χ2v) is 3.45. The summed E-state index contributed by atoms with van der Waals surface area (Å²) in [5.41, 5.74) is 2.77. The van der Waals surface area contributed by atoms with Crippen molar-refractivity contribution in [2.24, 2.45) is 0 Å². The van der Waals surface area contributed by atoms with Crippen LogP contribution in [0.5, 0.6) is 0 Å². The number of rotatable bonds is 2. The van der Waals surface area contributed by atoms with Gasteiger partial charge >= 0.3 is 0 Å². The van der Waals surface area contributed by atoms with Crippen LogP contribution in [0.3, 0.4) is 0 Å². The average molecular weight is 220 g/mol. The molecule has 0 fully saturated rings. The summed E-state index contributed by atoms with van der Waals surface area (Å²) in [6.07, 6.45) is 14.0. The van der Waals surface area contributed by atoms with Gasteiger partial charge in [-0.15, -0.1) is 0 Å². The molecule has 0 aromatic carbocycles. The van der Waals surface area contributed by atoms with Crippen LogP contribution in [0.2, 0.25) is 0 Å². The molecule has 0 atom stereocenters. The minimum atomic E-state index is 1.17. The first-order valence-corrected chi connectivity index (χ1v) is 6.41. The summed E-state index contributed by atoms with van der Waals surface area (Å²) >= 11 is 0. The molecule has 0 heteroatoms. The van der Waals surface area contributed by atoms with Crippen LogP contribution in [0.15, 0.2) is 48.1 Å². The Morgan fingerprint density at radius 3 is 2.31 bits per heavy atom. The lowest BCUT2D eigenvalue weighted by atomic mass is 9.98. The fraction of sp³-hybridized carbons (Fsp3) is 0.500. The highest BCUT2D eigenvalue weighted by molar-refractivity contribution is 5.36. The first-order chi connectivity index (χ1) is 7.76. The molecular weight excluding hydrogens is 192 g/mol. The second kappa shape index (κ2) is 14.0. The molecule has 0 aliphatic heterocycles. The van der Waals surface area contributed by atoms with Gasteiger partial charge in [0.15, 0.2) is 0 Å². The summed E-state index contributed by atoms with van der Waals surface area (Å²) in [7, 11) is 0. The molecule has 0 saturated heterocycles. The lowest BCUT2D eigenvalue weighted by molar-refractivity contribution is 0.968. The van der Waals surface area contributed by atoms with Crippen LogP contribution in [-0.4, -0.2) is 0 Å². The number of hydrogen-bond acceptors (Lipinski definition) is 0. The SMILES string of the molecule is C=C/C=C(\C)C1=CC=CCC1.CC.CCC. The van der Waals surface area contributed by atoms with E-state index < -0.39 is 0 Å². The predicted molar refractivity (Wildman–Crippen MR) is 77.7 cm³/mol. The highest BCUT2D eigenvalue weighted by Crippen LogP contribution is 2.19. The second-order valence-electron chi connectivity index (χ2n) is 3.45.